The molecule has 1 aromatic carbocycles. The van der Waals surface area contributed by atoms with E-state index in [0.29, 0.717) is 5.75 Å². The van der Waals surface area contributed by atoms with Crippen LogP contribution in [0.2, 0.25) is 0 Å². The monoisotopic (exact) mass is 281 g/mol. The quantitative estimate of drug-likeness (QED) is 0.797. The van der Waals surface area contributed by atoms with Gasteiger partial charge >= 0.3 is 5.97 Å². The van der Waals surface area contributed by atoms with Crippen molar-refractivity contribution in [3.63, 3.8) is 0 Å². The lowest BCUT2D eigenvalue weighted by Crippen LogP contribution is -2.34. The minimum Gasteiger partial charge on any atom is -0.497 e. The molecule has 1 aromatic rings. The smallest absolute Gasteiger partial charge is 0.341 e. The Morgan fingerprint density at radius 3 is 2.50 bits per heavy atom. The number of ether oxygens (including phenoxy) is 3. The molecule has 0 aliphatic carbocycles. The van der Waals surface area contributed by atoms with Crippen LogP contribution in [-0.4, -0.2) is 38.7 Å². The van der Waals surface area contributed by atoms with Crippen LogP contribution in [-0.2, 0) is 9.53 Å². The fourth-order valence-electron chi connectivity index (χ4n) is 1.53. The molecule has 0 unspecified atom stereocenters. The molecule has 20 heavy (non-hydrogen) atoms. The van der Waals surface area contributed by atoms with Crippen molar-refractivity contribution in [2.45, 2.75) is 19.9 Å². The van der Waals surface area contributed by atoms with Gasteiger partial charge in [-0.05, 0) is 26.0 Å². The van der Waals surface area contributed by atoms with Gasteiger partial charge in [-0.3, -0.25) is 4.79 Å². The van der Waals surface area contributed by atoms with E-state index in [2.05, 4.69) is 10.1 Å². The summed E-state index contributed by atoms with van der Waals surface area (Å²) in [4.78, 5) is 23.2. The van der Waals surface area contributed by atoms with Crippen LogP contribution in [0.1, 0.15) is 24.2 Å². The molecule has 0 aromatic heterocycles. The normalized spacial score (nSPS) is 10.1. The number of esters is 1. The highest BCUT2D eigenvalue weighted by molar-refractivity contribution is 5.92. The van der Waals surface area contributed by atoms with Crippen LogP contribution in [0.25, 0.3) is 0 Å². The highest BCUT2D eigenvalue weighted by Gasteiger charge is 2.15. The van der Waals surface area contributed by atoms with E-state index in [1.54, 1.807) is 6.07 Å². The summed E-state index contributed by atoms with van der Waals surface area (Å²) in [5, 5.41) is 2.69. The number of hydrogen-bond donors (Lipinski definition) is 1. The summed E-state index contributed by atoms with van der Waals surface area (Å²) < 4.78 is 15.1. The maximum absolute atomic E-state index is 11.6. The summed E-state index contributed by atoms with van der Waals surface area (Å²) >= 11 is 0. The minimum absolute atomic E-state index is 0.0245. The van der Waals surface area contributed by atoms with Crippen LogP contribution < -0.4 is 14.8 Å². The molecule has 110 valence electrons. The summed E-state index contributed by atoms with van der Waals surface area (Å²) in [6.45, 7) is 3.52. The van der Waals surface area contributed by atoms with E-state index in [0.717, 1.165) is 0 Å². The highest BCUT2D eigenvalue weighted by Crippen LogP contribution is 2.25. The van der Waals surface area contributed by atoms with Gasteiger partial charge in [0, 0.05) is 12.1 Å². The lowest BCUT2D eigenvalue weighted by Gasteiger charge is -2.13. The standard InChI is InChI=1S/C14H19NO5/c1-9(2)15-13(16)8-20-12-7-10(18-3)5-6-11(12)14(17)19-4/h5-7,9H,8H2,1-4H3,(H,15,16). The Morgan fingerprint density at radius 2 is 1.95 bits per heavy atom. The van der Waals surface area contributed by atoms with Crippen molar-refractivity contribution in [1.82, 2.24) is 5.32 Å². The summed E-state index contributed by atoms with van der Waals surface area (Å²) in [5.41, 5.74) is 0.241. The van der Waals surface area contributed by atoms with Gasteiger partial charge in [-0.25, -0.2) is 4.79 Å². The van der Waals surface area contributed by atoms with Crippen molar-refractivity contribution in [3.05, 3.63) is 23.8 Å². The summed E-state index contributed by atoms with van der Waals surface area (Å²) in [6, 6.07) is 4.71. The Hall–Kier alpha value is -2.24. The molecule has 6 heteroatoms. The van der Waals surface area contributed by atoms with Crippen LogP contribution in [0.4, 0.5) is 0 Å². The second-order valence-corrected chi connectivity index (χ2v) is 4.36. The molecule has 0 aliphatic heterocycles. The zero-order valence-electron chi connectivity index (χ0n) is 12.1. The maximum Gasteiger partial charge on any atom is 0.341 e. The van der Waals surface area contributed by atoms with Crippen molar-refractivity contribution in [2.75, 3.05) is 20.8 Å². The lowest BCUT2D eigenvalue weighted by atomic mass is 10.2. The van der Waals surface area contributed by atoms with Gasteiger partial charge in [0.15, 0.2) is 6.61 Å². The Morgan fingerprint density at radius 1 is 1.25 bits per heavy atom. The Balaban J connectivity index is 2.85. The first-order valence-electron chi connectivity index (χ1n) is 6.16. The predicted octanol–water partition coefficient (Wildman–Crippen LogP) is 1.39. The maximum atomic E-state index is 11.6. The number of carbonyl (C=O) groups is 2. The number of nitrogens with one attached hydrogen (secondary N) is 1. The zero-order chi connectivity index (χ0) is 15.1. The van der Waals surface area contributed by atoms with Crippen LogP contribution in [0, 0.1) is 0 Å². The average Bonchev–Trinajstić information content (AvgIpc) is 2.43. The number of rotatable bonds is 6. The van der Waals surface area contributed by atoms with E-state index in [1.807, 2.05) is 13.8 Å². The second kappa shape index (κ2) is 7.37. The zero-order valence-corrected chi connectivity index (χ0v) is 12.1. The van der Waals surface area contributed by atoms with Crippen molar-refractivity contribution >= 4 is 11.9 Å². The molecule has 1 N–H and O–H groups in total. The van der Waals surface area contributed by atoms with Gasteiger partial charge in [0.2, 0.25) is 0 Å². The third-order valence-corrected chi connectivity index (χ3v) is 2.40. The highest BCUT2D eigenvalue weighted by atomic mass is 16.5. The van der Waals surface area contributed by atoms with Gasteiger partial charge in [0.05, 0.1) is 14.2 Å². The van der Waals surface area contributed by atoms with E-state index in [4.69, 9.17) is 9.47 Å². The number of methoxy groups -OCH3 is 2. The molecule has 0 fully saturated rings. The molecular formula is C14H19NO5. The summed E-state index contributed by atoms with van der Waals surface area (Å²) in [7, 11) is 2.78. The second-order valence-electron chi connectivity index (χ2n) is 4.36. The molecule has 0 heterocycles. The molecule has 1 amide bonds. The molecule has 0 bridgehead atoms. The van der Waals surface area contributed by atoms with Crippen molar-refractivity contribution in [3.8, 4) is 11.5 Å². The largest absolute Gasteiger partial charge is 0.497 e. The predicted molar refractivity (Wildman–Crippen MR) is 73.1 cm³/mol. The lowest BCUT2D eigenvalue weighted by molar-refractivity contribution is -0.123. The average molecular weight is 281 g/mol. The number of benzene rings is 1. The third kappa shape index (κ3) is 4.46. The van der Waals surface area contributed by atoms with Crippen LogP contribution in [0.3, 0.4) is 0 Å². The van der Waals surface area contributed by atoms with Gasteiger partial charge in [0.1, 0.15) is 17.1 Å². The molecular weight excluding hydrogens is 262 g/mol. The Bertz CT molecular complexity index is 484. The number of hydrogen-bond acceptors (Lipinski definition) is 5. The van der Waals surface area contributed by atoms with Crippen molar-refractivity contribution in [2.24, 2.45) is 0 Å². The molecule has 6 nitrogen and oxygen atoms in total. The van der Waals surface area contributed by atoms with Crippen molar-refractivity contribution in [1.29, 1.82) is 0 Å². The molecule has 0 atom stereocenters. The molecule has 0 aliphatic rings. The topological polar surface area (TPSA) is 73.9 Å². The van der Waals surface area contributed by atoms with Crippen molar-refractivity contribution < 1.29 is 23.8 Å². The van der Waals surface area contributed by atoms with Gasteiger partial charge < -0.3 is 19.5 Å². The van der Waals surface area contributed by atoms with E-state index >= 15 is 0 Å². The summed E-state index contributed by atoms with van der Waals surface area (Å²) in [6.07, 6.45) is 0. The molecule has 0 spiro atoms. The van der Waals surface area contributed by atoms with E-state index in [1.165, 1.54) is 26.4 Å². The fourth-order valence-corrected chi connectivity index (χ4v) is 1.53. The Kier molecular flexibility index (Phi) is 5.83. The van der Waals surface area contributed by atoms with Gasteiger partial charge in [-0.1, -0.05) is 0 Å². The van der Waals surface area contributed by atoms with Crippen LogP contribution >= 0.6 is 0 Å². The molecule has 1 rings (SSSR count). The third-order valence-electron chi connectivity index (χ3n) is 2.40. The van der Waals surface area contributed by atoms with E-state index < -0.39 is 5.97 Å². The first kappa shape index (κ1) is 15.8. The van der Waals surface area contributed by atoms with Gasteiger partial charge in [-0.15, -0.1) is 0 Å². The number of carbonyl (C=O) groups excluding carboxylic acids is 2. The molecule has 0 saturated carbocycles. The minimum atomic E-state index is -0.535. The first-order chi connectivity index (χ1) is 9.47. The first-order valence-corrected chi connectivity index (χ1v) is 6.16. The van der Waals surface area contributed by atoms with E-state index in [9.17, 15) is 9.59 Å². The Labute approximate surface area is 118 Å². The molecule has 0 radical (unpaired) electrons. The van der Waals surface area contributed by atoms with Crippen LogP contribution in [0.15, 0.2) is 18.2 Å². The molecule has 0 saturated heterocycles. The van der Waals surface area contributed by atoms with Gasteiger partial charge in [0.25, 0.3) is 5.91 Å². The summed E-state index contributed by atoms with van der Waals surface area (Å²) in [5.74, 6) is -0.0300. The number of amides is 1. The van der Waals surface area contributed by atoms with E-state index in [-0.39, 0.29) is 29.9 Å². The SMILES string of the molecule is COC(=O)c1ccc(OC)cc1OCC(=O)NC(C)C. The van der Waals surface area contributed by atoms with Gasteiger partial charge in [-0.2, -0.15) is 0 Å². The fraction of sp³-hybridized carbons (Fsp3) is 0.429. The van der Waals surface area contributed by atoms with Crippen LogP contribution in [0.5, 0.6) is 11.5 Å².